The van der Waals surface area contributed by atoms with E-state index in [0.29, 0.717) is 6.04 Å². The van der Waals surface area contributed by atoms with Crippen molar-refractivity contribution in [3.63, 3.8) is 0 Å². The molecule has 0 radical (unpaired) electrons. The van der Waals surface area contributed by atoms with Crippen LogP contribution < -0.4 is 5.32 Å². The smallest absolute Gasteiger partial charge is 0.168 e. The van der Waals surface area contributed by atoms with Gasteiger partial charge in [-0.3, -0.25) is 4.90 Å². The molecule has 0 saturated carbocycles. The van der Waals surface area contributed by atoms with Crippen molar-refractivity contribution >= 4 is 17.3 Å². The topological polar surface area (TPSA) is 27.7 Å². The van der Waals surface area contributed by atoms with Gasteiger partial charge in [0.15, 0.2) is 5.11 Å². The molecule has 106 valence electrons. The van der Waals surface area contributed by atoms with Gasteiger partial charge >= 0.3 is 0 Å². The molecule has 1 fully saturated rings. The number of nitrogens with one attached hydrogen (secondary N) is 1. The Morgan fingerprint density at radius 2 is 2.17 bits per heavy atom. The second kappa shape index (κ2) is 8.67. The summed E-state index contributed by atoms with van der Waals surface area (Å²) in [4.78, 5) is 4.82. The molecule has 4 nitrogen and oxygen atoms in total. The molecule has 0 amide bonds. The van der Waals surface area contributed by atoms with E-state index in [4.69, 9.17) is 17.0 Å². The Labute approximate surface area is 117 Å². The summed E-state index contributed by atoms with van der Waals surface area (Å²) in [5.41, 5.74) is 0. The Morgan fingerprint density at radius 1 is 1.44 bits per heavy atom. The molecule has 5 heteroatoms. The second-order valence-electron chi connectivity index (χ2n) is 4.69. The maximum absolute atomic E-state index is 5.43. The van der Waals surface area contributed by atoms with E-state index >= 15 is 0 Å². The summed E-state index contributed by atoms with van der Waals surface area (Å²) in [5.74, 6) is 0. The standard InChI is InChI=1S/C13H27N3OS/c1-4-15(5-2)12-7-9-16(11-12)13(18)14-8-6-10-17-3/h12H,4-11H2,1-3H3,(H,14,18). The Bertz CT molecular complexity index is 246. The highest BCUT2D eigenvalue weighted by Crippen LogP contribution is 2.15. The Balaban J connectivity index is 2.25. The largest absolute Gasteiger partial charge is 0.385 e. The molecule has 0 aromatic heterocycles. The highest BCUT2D eigenvalue weighted by Gasteiger charge is 2.27. The third kappa shape index (κ3) is 4.71. The van der Waals surface area contributed by atoms with E-state index in [2.05, 4.69) is 29.0 Å². The van der Waals surface area contributed by atoms with Crippen LogP contribution in [0.5, 0.6) is 0 Å². The predicted octanol–water partition coefficient (Wildman–Crippen LogP) is 1.31. The van der Waals surface area contributed by atoms with Crippen LogP contribution in [-0.2, 0) is 4.74 Å². The summed E-state index contributed by atoms with van der Waals surface area (Å²) in [6.45, 7) is 10.6. The number of thiocarbonyl (C=S) groups is 1. The molecule has 0 bridgehead atoms. The average Bonchev–Trinajstić information content (AvgIpc) is 2.86. The lowest BCUT2D eigenvalue weighted by molar-refractivity contribution is 0.195. The van der Waals surface area contributed by atoms with Crippen molar-refractivity contribution in [1.29, 1.82) is 0 Å². The molecule has 1 heterocycles. The lowest BCUT2D eigenvalue weighted by Crippen LogP contribution is -2.42. The molecule has 0 spiro atoms. The zero-order valence-corrected chi connectivity index (χ0v) is 12.8. The van der Waals surface area contributed by atoms with Crippen LogP contribution in [0.2, 0.25) is 0 Å². The first-order valence-electron chi connectivity index (χ1n) is 6.98. The molecule has 1 unspecified atom stereocenters. The molecule has 0 aromatic carbocycles. The van der Waals surface area contributed by atoms with E-state index in [1.54, 1.807) is 7.11 Å². The van der Waals surface area contributed by atoms with Gasteiger partial charge in [-0.2, -0.15) is 0 Å². The van der Waals surface area contributed by atoms with Crippen LogP contribution in [0.25, 0.3) is 0 Å². The van der Waals surface area contributed by atoms with Gasteiger partial charge in [-0.25, -0.2) is 0 Å². The minimum atomic E-state index is 0.665. The van der Waals surface area contributed by atoms with Crippen LogP contribution in [0, 0.1) is 0 Å². The van der Waals surface area contributed by atoms with E-state index < -0.39 is 0 Å². The normalized spacial score (nSPS) is 19.6. The Kier molecular flexibility index (Phi) is 7.54. The molecule has 1 saturated heterocycles. The summed E-state index contributed by atoms with van der Waals surface area (Å²) in [6, 6.07) is 0.665. The minimum absolute atomic E-state index is 0.665. The number of ether oxygens (including phenoxy) is 1. The van der Waals surface area contributed by atoms with Crippen molar-refractivity contribution in [3.8, 4) is 0 Å². The zero-order chi connectivity index (χ0) is 13.4. The molecular weight excluding hydrogens is 246 g/mol. The first-order chi connectivity index (χ1) is 8.72. The van der Waals surface area contributed by atoms with Crippen LogP contribution >= 0.6 is 12.2 Å². The number of rotatable bonds is 7. The highest BCUT2D eigenvalue weighted by atomic mass is 32.1. The second-order valence-corrected chi connectivity index (χ2v) is 5.07. The van der Waals surface area contributed by atoms with Gasteiger partial charge in [-0.1, -0.05) is 13.8 Å². The van der Waals surface area contributed by atoms with Gasteiger partial charge in [0.2, 0.25) is 0 Å². The van der Waals surface area contributed by atoms with Crippen molar-refractivity contribution < 1.29 is 4.74 Å². The van der Waals surface area contributed by atoms with Gasteiger partial charge in [0.25, 0.3) is 0 Å². The number of methoxy groups -OCH3 is 1. The van der Waals surface area contributed by atoms with Gasteiger partial charge < -0.3 is 15.0 Å². The third-order valence-electron chi connectivity index (χ3n) is 3.58. The SMILES string of the molecule is CCN(CC)C1CCN(C(=S)NCCCOC)C1. The van der Waals surface area contributed by atoms with Crippen molar-refractivity contribution in [3.05, 3.63) is 0 Å². The lowest BCUT2D eigenvalue weighted by Gasteiger charge is -2.27. The minimum Gasteiger partial charge on any atom is -0.385 e. The predicted molar refractivity (Wildman–Crippen MR) is 80.0 cm³/mol. The van der Waals surface area contributed by atoms with Crippen LogP contribution in [0.4, 0.5) is 0 Å². The number of hydrogen-bond donors (Lipinski definition) is 1. The fourth-order valence-electron chi connectivity index (χ4n) is 2.49. The summed E-state index contributed by atoms with van der Waals surface area (Å²) in [6.07, 6.45) is 2.23. The molecule has 1 aliphatic heterocycles. The number of hydrogen-bond acceptors (Lipinski definition) is 3. The van der Waals surface area contributed by atoms with Crippen molar-refractivity contribution in [2.75, 3.05) is 46.4 Å². The van der Waals surface area contributed by atoms with E-state index in [-0.39, 0.29) is 0 Å². The van der Waals surface area contributed by atoms with E-state index in [1.807, 2.05) is 0 Å². The van der Waals surface area contributed by atoms with Crippen LogP contribution in [0.15, 0.2) is 0 Å². The quantitative estimate of drug-likeness (QED) is 0.558. The third-order valence-corrected chi connectivity index (χ3v) is 3.98. The van der Waals surface area contributed by atoms with Gasteiger partial charge in [0.05, 0.1) is 0 Å². The molecule has 1 atom stereocenters. The lowest BCUT2D eigenvalue weighted by atomic mass is 10.2. The van der Waals surface area contributed by atoms with E-state index in [9.17, 15) is 0 Å². The molecule has 18 heavy (non-hydrogen) atoms. The average molecular weight is 273 g/mol. The van der Waals surface area contributed by atoms with Crippen LogP contribution in [0.3, 0.4) is 0 Å². The molecule has 0 aliphatic carbocycles. The van der Waals surface area contributed by atoms with E-state index in [1.165, 1.54) is 6.42 Å². The van der Waals surface area contributed by atoms with Crippen molar-refractivity contribution in [2.45, 2.75) is 32.7 Å². The fraction of sp³-hybridized carbons (Fsp3) is 0.923. The van der Waals surface area contributed by atoms with Crippen LogP contribution in [0.1, 0.15) is 26.7 Å². The highest BCUT2D eigenvalue weighted by molar-refractivity contribution is 7.80. The maximum Gasteiger partial charge on any atom is 0.168 e. The monoisotopic (exact) mass is 273 g/mol. The summed E-state index contributed by atoms with van der Waals surface area (Å²) >= 11 is 5.43. The van der Waals surface area contributed by atoms with Gasteiger partial charge in [0.1, 0.15) is 0 Å². The van der Waals surface area contributed by atoms with Crippen molar-refractivity contribution in [2.24, 2.45) is 0 Å². The maximum atomic E-state index is 5.43. The Morgan fingerprint density at radius 3 is 2.78 bits per heavy atom. The van der Waals surface area contributed by atoms with Crippen molar-refractivity contribution in [1.82, 2.24) is 15.1 Å². The zero-order valence-electron chi connectivity index (χ0n) is 11.9. The molecular formula is C13H27N3OS. The van der Waals surface area contributed by atoms with E-state index in [0.717, 1.165) is 50.9 Å². The fourth-order valence-corrected chi connectivity index (χ4v) is 2.76. The first kappa shape index (κ1) is 15.7. The molecule has 0 aromatic rings. The first-order valence-corrected chi connectivity index (χ1v) is 7.39. The molecule has 1 N–H and O–H groups in total. The number of nitrogens with zero attached hydrogens (tertiary/aromatic N) is 2. The summed E-state index contributed by atoms with van der Waals surface area (Å²) in [5, 5.41) is 4.22. The van der Waals surface area contributed by atoms with Gasteiger partial charge in [-0.15, -0.1) is 0 Å². The number of likely N-dealkylation sites (N-methyl/N-ethyl adjacent to an activating group) is 1. The number of likely N-dealkylation sites (tertiary alicyclic amines) is 1. The van der Waals surface area contributed by atoms with Gasteiger partial charge in [-0.05, 0) is 38.1 Å². The summed E-state index contributed by atoms with van der Waals surface area (Å²) < 4.78 is 5.02. The Hall–Kier alpha value is -0.390. The van der Waals surface area contributed by atoms with Gasteiger partial charge in [0, 0.05) is 39.4 Å². The summed E-state index contributed by atoms with van der Waals surface area (Å²) in [7, 11) is 1.73. The van der Waals surface area contributed by atoms with Crippen LogP contribution in [-0.4, -0.2) is 67.4 Å². The molecule has 1 aliphatic rings. The molecule has 1 rings (SSSR count).